The van der Waals surface area contributed by atoms with Crippen molar-refractivity contribution in [3.05, 3.63) is 60.2 Å². The molecular weight excluding hydrogens is 276 g/mol. The second-order valence-corrected chi connectivity index (χ2v) is 4.85. The molecule has 0 aliphatic carbocycles. The van der Waals surface area contributed by atoms with Gasteiger partial charge < -0.3 is 10.2 Å². The van der Waals surface area contributed by atoms with E-state index in [0.29, 0.717) is 17.9 Å². The molecule has 114 valence electrons. The Morgan fingerprint density at radius 3 is 2.23 bits per heavy atom. The average molecular weight is 296 g/mol. The molecule has 0 aliphatic rings. The minimum absolute atomic E-state index is 0.436. The zero-order valence-electron chi connectivity index (χ0n) is 12.9. The highest BCUT2D eigenvalue weighted by molar-refractivity contribution is 6.44. The summed E-state index contributed by atoms with van der Waals surface area (Å²) in [6.45, 7) is 4.29. The van der Waals surface area contributed by atoms with Crippen molar-refractivity contribution in [1.29, 1.82) is 0 Å². The first kappa shape index (κ1) is 15.8. The number of rotatable bonds is 4. The van der Waals surface area contributed by atoms with Crippen LogP contribution in [0.2, 0.25) is 0 Å². The topological polar surface area (TPSA) is 49.4 Å². The molecule has 0 heterocycles. The quantitative estimate of drug-likeness (QED) is 0.881. The highest BCUT2D eigenvalue weighted by atomic mass is 16.2. The fourth-order valence-corrected chi connectivity index (χ4v) is 2.30. The van der Waals surface area contributed by atoms with E-state index in [4.69, 9.17) is 0 Å². The number of benzene rings is 2. The lowest BCUT2D eigenvalue weighted by atomic mass is 10.1. The van der Waals surface area contributed by atoms with Crippen LogP contribution in [0.5, 0.6) is 0 Å². The predicted molar refractivity (Wildman–Crippen MR) is 88.9 cm³/mol. The number of carbonyl (C=O) groups excluding carboxylic acids is 2. The third kappa shape index (κ3) is 3.52. The molecule has 0 aliphatic heterocycles. The molecule has 22 heavy (non-hydrogen) atoms. The van der Waals surface area contributed by atoms with Gasteiger partial charge in [0, 0.05) is 17.9 Å². The van der Waals surface area contributed by atoms with Gasteiger partial charge in [0.2, 0.25) is 0 Å². The number of nitrogens with zero attached hydrogens (tertiary/aromatic N) is 1. The van der Waals surface area contributed by atoms with E-state index in [-0.39, 0.29) is 0 Å². The molecule has 2 aromatic carbocycles. The number of anilines is 2. The Morgan fingerprint density at radius 1 is 0.955 bits per heavy atom. The summed E-state index contributed by atoms with van der Waals surface area (Å²) < 4.78 is 0. The summed E-state index contributed by atoms with van der Waals surface area (Å²) in [6.07, 6.45) is 0.792. The number of nitrogens with one attached hydrogen (secondary N) is 1. The van der Waals surface area contributed by atoms with Gasteiger partial charge in [-0.25, -0.2) is 0 Å². The van der Waals surface area contributed by atoms with Crippen molar-refractivity contribution >= 4 is 23.2 Å². The largest absolute Gasteiger partial charge is 0.318 e. The van der Waals surface area contributed by atoms with Gasteiger partial charge in [0.15, 0.2) is 0 Å². The third-order valence-corrected chi connectivity index (χ3v) is 3.47. The molecule has 0 fully saturated rings. The summed E-state index contributed by atoms with van der Waals surface area (Å²) in [6, 6.07) is 16.7. The van der Waals surface area contributed by atoms with Crippen LogP contribution in [0.4, 0.5) is 11.4 Å². The van der Waals surface area contributed by atoms with Crippen LogP contribution in [0.1, 0.15) is 19.4 Å². The van der Waals surface area contributed by atoms with Gasteiger partial charge in [0.1, 0.15) is 0 Å². The normalized spacial score (nSPS) is 10.1. The van der Waals surface area contributed by atoms with Crippen LogP contribution in [-0.2, 0) is 16.0 Å². The maximum absolute atomic E-state index is 12.4. The van der Waals surface area contributed by atoms with Crippen molar-refractivity contribution < 1.29 is 9.59 Å². The monoisotopic (exact) mass is 296 g/mol. The van der Waals surface area contributed by atoms with Gasteiger partial charge in [-0.2, -0.15) is 0 Å². The number of hydrogen-bond donors (Lipinski definition) is 1. The first-order chi connectivity index (χ1) is 10.7. The number of para-hydroxylation sites is 2. The second kappa shape index (κ2) is 7.41. The number of carbonyl (C=O) groups is 2. The Hall–Kier alpha value is -2.62. The van der Waals surface area contributed by atoms with E-state index in [9.17, 15) is 9.59 Å². The van der Waals surface area contributed by atoms with E-state index in [1.807, 2.05) is 68.4 Å². The van der Waals surface area contributed by atoms with Gasteiger partial charge >= 0.3 is 11.8 Å². The maximum Gasteiger partial charge on any atom is 0.316 e. The van der Waals surface area contributed by atoms with Gasteiger partial charge in [-0.05, 0) is 37.1 Å². The standard InChI is InChI=1S/C18H20N2O2/c1-3-14-10-8-9-13-16(14)19-17(21)18(22)20(4-2)15-11-6-5-7-12-15/h5-13H,3-4H2,1-2H3,(H,19,21). The Bertz CT molecular complexity index is 653. The van der Waals surface area contributed by atoms with Gasteiger partial charge in [-0.15, -0.1) is 0 Å². The van der Waals surface area contributed by atoms with Crippen LogP contribution in [0.3, 0.4) is 0 Å². The Kier molecular flexibility index (Phi) is 5.31. The molecule has 2 aromatic rings. The van der Waals surface area contributed by atoms with Gasteiger partial charge in [-0.3, -0.25) is 9.59 Å². The van der Waals surface area contributed by atoms with Crippen molar-refractivity contribution in [2.24, 2.45) is 0 Å². The molecular formula is C18H20N2O2. The van der Waals surface area contributed by atoms with E-state index in [2.05, 4.69) is 5.32 Å². The molecule has 4 heteroatoms. The highest BCUT2D eigenvalue weighted by Crippen LogP contribution is 2.17. The zero-order valence-corrected chi connectivity index (χ0v) is 12.9. The van der Waals surface area contributed by atoms with Crippen LogP contribution in [0.25, 0.3) is 0 Å². The maximum atomic E-state index is 12.4. The minimum atomic E-state index is -0.619. The smallest absolute Gasteiger partial charge is 0.316 e. The van der Waals surface area contributed by atoms with Crippen LogP contribution >= 0.6 is 0 Å². The van der Waals surface area contributed by atoms with Gasteiger partial charge in [0.25, 0.3) is 0 Å². The molecule has 0 bridgehead atoms. The van der Waals surface area contributed by atoms with E-state index >= 15 is 0 Å². The van der Waals surface area contributed by atoms with Crippen LogP contribution < -0.4 is 10.2 Å². The molecule has 0 atom stereocenters. The molecule has 0 radical (unpaired) electrons. The summed E-state index contributed by atoms with van der Waals surface area (Å²) in [4.78, 5) is 26.1. The molecule has 4 nitrogen and oxygen atoms in total. The van der Waals surface area contributed by atoms with Crippen molar-refractivity contribution in [1.82, 2.24) is 0 Å². The van der Waals surface area contributed by atoms with Crippen molar-refractivity contribution in [3.63, 3.8) is 0 Å². The number of aryl methyl sites for hydroxylation is 1. The van der Waals surface area contributed by atoms with E-state index in [1.165, 1.54) is 4.90 Å². The SMILES string of the molecule is CCc1ccccc1NC(=O)C(=O)N(CC)c1ccccc1. The zero-order chi connectivity index (χ0) is 15.9. The van der Waals surface area contributed by atoms with Crippen LogP contribution in [-0.4, -0.2) is 18.4 Å². The Balaban J connectivity index is 2.16. The molecule has 0 saturated heterocycles. The van der Waals surface area contributed by atoms with Crippen molar-refractivity contribution in [2.45, 2.75) is 20.3 Å². The lowest BCUT2D eigenvalue weighted by molar-refractivity contribution is -0.134. The molecule has 1 N–H and O–H groups in total. The first-order valence-corrected chi connectivity index (χ1v) is 7.43. The fourth-order valence-electron chi connectivity index (χ4n) is 2.30. The molecule has 0 unspecified atom stereocenters. The van der Waals surface area contributed by atoms with E-state index in [1.54, 1.807) is 0 Å². The Labute approximate surface area is 130 Å². The lowest BCUT2D eigenvalue weighted by Crippen LogP contribution is -2.39. The summed E-state index contributed by atoms with van der Waals surface area (Å²) in [5, 5.41) is 2.72. The third-order valence-electron chi connectivity index (χ3n) is 3.47. The van der Waals surface area contributed by atoms with Gasteiger partial charge in [0.05, 0.1) is 0 Å². The summed E-state index contributed by atoms with van der Waals surface area (Å²) in [5.41, 5.74) is 2.41. The van der Waals surface area contributed by atoms with Crippen molar-refractivity contribution in [2.75, 3.05) is 16.8 Å². The van der Waals surface area contributed by atoms with Crippen LogP contribution in [0, 0.1) is 0 Å². The average Bonchev–Trinajstić information content (AvgIpc) is 2.57. The molecule has 0 spiro atoms. The molecule has 0 aromatic heterocycles. The number of hydrogen-bond acceptors (Lipinski definition) is 2. The molecule has 0 saturated carbocycles. The molecule has 2 amide bonds. The Morgan fingerprint density at radius 2 is 1.59 bits per heavy atom. The highest BCUT2D eigenvalue weighted by Gasteiger charge is 2.22. The van der Waals surface area contributed by atoms with Gasteiger partial charge in [-0.1, -0.05) is 43.3 Å². The summed E-state index contributed by atoms with van der Waals surface area (Å²) >= 11 is 0. The number of amides is 2. The number of likely N-dealkylation sites (N-methyl/N-ethyl adjacent to an activating group) is 1. The second-order valence-electron chi connectivity index (χ2n) is 4.85. The van der Waals surface area contributed by atoms with E-state index in [0.717, 1.165) is 12.0 Å². The molecule has 2 rings (SSSR count). The van der Waals surface area contributed by atoms with E-state index < -0.39 is 11.8 Å². The fraction of sp³-hybridized carbons (Fsp3) is 0.222. The predicted octanol–water partition coefficient (Wildman–Crippen LogP) is 3.24. The lowest BCUT2D eigenvalue weighted by Gasteiger charge is -2.20. The first-order valence-electron chi connectivity index (χ1n) is 7.43. The summed E-state index contributed by atoms with van der Waals surface area (Å²) in [5.74, 6) is -1.17. The summed E-state index contributed by atoms with van der Waals surface area (Å²) in [7, 11) is 0. The van der Waals surface area contributed by atoms with Crippen molar-refractivity contribution in [3.8, 4) is 0 Å². The van der Waals surface area contributed by atoms with Crippen LogP contribution in [0.15, 0.2) is 54.6 Å². The minimum Gasteiger partial charge on any atom is -0.318 e.